The third-order valence-corrected chi connectivity index (χ3v) is 10.0. The molecular formula is C32H51IO7. The molecule has 0 bridgehead atoms. The minimum Gasteiger partial charge on any atom is -0.468 e. The van der Waals surface area contributed by atoms with Gasteiger partial charge in [0.05, 0.1) is 39.1 Å². The van der Waals surface area contributed by atoms with Crippen LogP contribution in [0, 0.1) is 23.2 Å². The number of alkyl halides is 1. The van der Waals surface area contributed by atoms with Gasteiger partial charge in [-0.05, 0) is 97.3 Å². The van der Waals surface area contributed by atoms with Gasteiger partial charge in [-0.1, -0.05) is 42.0 Å². The molecule has 0 radical (unpaired) electrons. The summed E-state index contributed by atoms with van der Waals surface area (Å²) in [6.45, 7) is 7.37. The molecule has 7 nitrogen and oxygen atoms in total. The van der Waals surface area contributed by atoms with Gasteiger partial charge < -0.3 is 33.2 Å². The number of ether oxygens (including phenoxy) is 7. The van der Waals surface area contributed by atoms with E-state index in [9.17, 15) is 0 Å². The first kappa shape index (κ1) is 32.4. The van der Waals surface area contributed by atoms with Crippen molar-refractivity contribution in [3.63, 3.8) is 0 Å². The highest BCUT2D eigenvalue weighted by Crippen LogP contribution is 2.63. The Hall–Kier alpha value is -0.490. The van der Waals surface area contributed by atoms with Crippen LogP contribution in [0.4, 0.5) is 0 Å². The fraction of sp³-hybridized carbons (Fsp3) is 0.812. The molecule has 8 heteroatoms. The van der Waals surface area contributed by atoms with E-state index in [1.807, 2.05) is 0 Å². The minimum atomic E-state index is 0.237. The maximum absolute atomic E-state index is 6.26. The first-order chi connectivity index (χ1) is 19.6. The zero-order chi connectivity index (χ0) is 28.2. The largest absolute Gasteiger partial charge is 0.468 e. The van der Waals surface area contributed by atoms with Gasteiger partial charge in [0.2, 0.25) is 0 Å². The predicted octanol–water partition coefficient (Wildman–Crippen LogP) is 6.40. The Balaban J connectivity index is 1.34. The second-order valence-electron chi connectivity index (χ2n) is 11.9. The fourth-order valence-corrected chi connectivity index (χ4v) is 8.16. The molecule has 2 saturated carbocycles. The van der Waals surface area contributed by atoms with Crippen molar-refractivity contribution < 1.29 is 33.2 Å². The molecule has 0 amide bonds. The van der Waals surface area contributed by atoms with Crippen molar-refractivity contribution in [2.24, 2.45) is 23.2 Å². The van der Waals surface area contributed by atoms with Crippen molar-refractivity contribution >= 4 is 22.6 Å². The van der Waals surface area contributed by atoms with Gasteiger partial charge in [0.15, 0.2) is 6.79 Å². The van der Waals surface area contributed by atoms with Crippen LogP contribution < -0.4 is 4.74 Å². The van der Waals surface area contributed by atoms with Crippen molar-refractivity contribution in [3.8, 4) is 5.75 Å². The van der Waals surface area contributed by atoms with Gasteiger partial charge in [0, 0.05) is 25.3 Å². The molecule has 2 fully saturated rings. The molecule has 0 heterocycles. The first-order valence-corrected chi connectivity index (χ1v) is 16.8. The number of fused-ring (bicyclic) bond motifs is 5. The molecule has 1 aromatic carbocycles. The third-order valence-electron chi connectivity index (χ3n) is 9.60. The van der Waals surface area contributed by atoms with Crippen molar-refractivity contribution in [3.05, 3.63) is 29.3 Å². The van der Waals surface area contributed by atoms with Gasteiger partial charge in [-0.2, -0.15) is 0 Å². The summed E-state index contributed by atoms with van der Waals surface area (Å²) in [6.07, 6.45) is 9.84. The highest BCUT2D eigenvalue weighted by atomic mass is 127. The van der Waals surface area contributed by atoms with Crippen LogP contribution in [0.2, 0.25) is 0 Å². The number of methoxy groups -OCH3 is 2. The maximum atomic E-state index is 6.26. The van der Waals surface area contributed by atoms with E-state index in [-0.39, 0.29) is 12.2 Å². The van der Waals surface area contributed by atoms with Gasteiger partial charge in [0.25, 0.3) is 0 Å². The van der Waals surface area contributed by atoms with E-state index in [4.69, 9.17) is 33.2 Å². The highest BCUT2D eigenvalue weighted by Gasteiger charge is 2.57. The van der Waals surface area contributed by atoms with Crippen LogP contribution >= 0.6 is 22.6 Å². The molecule has 6 atom stereocenters. The summed E-state index contributed by atoms with van der Waals surface area (Å²) in [7, 11) is 3.40. The van der Waals surface area contributed by atoms with Crippen molar-refractivity contribution in [1.82, 2.24) is 0 Å². The lowest BCUT2D eigenvalue weighted by Crippen LogP contribution is -2.47. The van der Waals surface area contributed by atoms with E-state index < -0.39 is 0 Å². The predicted molar refractivity (Wildman–Crippen MR) is 164 cm³/mol. The van der Waals surface area contributed by atoms with Crippen molar-refractivity contribution in [1.29, 1.82) is 0 Å². The molecule has 1 aromatic rings. The first-order valence-electron chi connectivity index (χ1n) is 15.3. The van der Waals surface area contributed by atoms with Gasteiger partial charge >= 0.3 is 0 Å². The Morgan fingerprint density at radius 3 is 2.38 bits per heavy atom. The quantitative estimate of drug-likeness (QED) is 0.0729. The fourth-order valence-electron chi connectivity index (χ4n) is 7.85. The van der Waals surface area contributed by atoms with Crippen LogP contribution in [-0.4, -0.2) is 78.0 Å². The average Bonchev–Trinajstić information content (AvgIpc) is 3.31. The molecular weight excluding hydrogens is 623 g/mol. The Bertz CT molecular complexity index is 870. The third kappa shape index (κ3) is 8.32. The number of unbranched alkanes of at least 4 members (excludes halogenated alkanes) is 1. The van der Waals surface area contributed by atoms with Crippen LogP contribution in [0.5, 0.6) is 5.75 Å². The smallest absolute Gasteiger partial charge is 0.188 e. The van der Waals surface area contributed by atoms with E-state index in [0.29, 0.717) is 63.0 Å². The zero-order valence-corrected chi connectivity index (χ0v) is 27.0. The number of halogens is 1. The monoisotopic (exact) mass is 674 g/mol. The highest BCUT2D eigenvalue weighted by molar-refractivity contribution is 14.1. The lowest BCUT2D eigenvalue weighted by molar-refractivity contribution is -0.128. The average molecular weight is 675 g/mol. The van der Waals surface area contributed by atoms with E-state index in [1.165, 1.54) is 37.7 Å². The van der Waals surface area contributed by atoms with Crippen LogP contribution in [0.1, 0.15) is 68.9 Å². The topological polar surface area (TPSA) is 64.6 Å². The maximum Gasteiger partial charge on any atom is 0.188 e. The molecule has 228 valence electrons. The van der Waals surface area contributed by atoms with E-state index in [0.717, 1.165) is 42.7 Å². The number of benzene rings is 1. The van der Waals surface area contributed by atoms with Crippen molar-refractivity contribution in [2.75, 3.05) is 71.9 Å². The summed E-state index contributed by atoms with van der Waals surface area (Å²) in [4.78, 5) is 0. The van der Waals surface area contributed by atoms with Crippen LogP contribution in [0.15, 0.2) is 18.2 Å². The summed E-state index contributed by atoms with van der Waals surface area (Å²) in [5.41, 5.74) is 3.27. The number of rotatable bonds is 19. The standard InChI is InChI=1S/C32H51IO7/c1-32-12-11-28-27-8-7-26(39-22-34-2)21-25(27)20-24(31(28)29(32)9-10-30(32)40-23-35-3)6-4-5-14-36-16-18-38-19-17-37-15-13-33/h7-8,21,24,28-31H,4-6,9-20,22-23H2,1-3H3/t24-,28-,29+,30+,31-,32+/m1/s1. The van der Waals surface area contributed by atoms with Gasteiger partial charge in [-0.3, -0.25) is 0 Å². The van der Waals surface area contributed by atoms with Crippen molar-refractivity contribution in [2.45, 2.75) is 70.3 Å². The van der Waals surface area contributed by atoms with Crippen LogP contribution in [-0.2, 0) is 34.8 Å². The van der Waals surface area contributed by atoms with Gasteiger partial charge in [0.1, 0.15) is 12.5 Å². The molecule has 0 spiro atoms. The molecule has 40 heavy (non-hydrogen) atoms. The summed E-state index contributed by atoms with van der Waals surface area (Å²) in [6, 6.07) is 6.76. The second-order valence-corrected chi connectivity index (χ2v) is 13.0. The van der Waals surface area contributed by atoms with Gasteiger partial charge in [-0.25, -0.2) is 0 Å². The van der Waals surface area contributed by atoms with Crippen LogP contribution in [0.3, 0.4) is 0 Å². The Labute approximate surface area is 255 Å². The zero-order valence-electron chi connectivity index (χ0n) is 24.9. The normalized spacial score (nSPS) is 29.1. The Kier molecular flexibility index (Phi) is 13.8. The number of hydrogen-bond acceptors (Lipinski definition) is 7. The molecule has 0 aromatic heterocycles. The lowest BCUT2D eigenvalue weighted by atomic mass is 9.52. The molecule has 0 unspecified atom stereocenters. The molecule has 0 saturated heterocycles. The molecule has 3 aliphatic rings. The molecule has 4 rings (SSSR count). The van der Waals surface area contributed by atoms with Crippen LogP contribution in [0.25, 0.3) is 0 Å². The Morgan fingerprint density at radius 2 is 1.62 bits per heavy atom. The lowest BCUT2D eigenvalue weighted by Gasteiger charge is -2.53. The summed E-state index contributed by atoms with van der Waals surface area (Å²) in [5.74, 6) is 3.62. The molecule has 3 aliphatic carbocycles. The second kappa shape index (κ2) is 17.0. The minimum absolute atomic E-state index is 0.237. The summed E-state index contributed by atoms with van der Waals surface area (Å²) >= 11 is 2.31. The molecule has 0 aliphatic heterocycles. The SMILES string of the molecule is COCOc1ccc2c(c1)C[C@@H](CCCCOCCOCCOCCI)[C@@H]1[C@@H]2CC[C@]2(C)[C@@H](OCOC)CC[C@@H]12. The summed E-state index contributed by atoms with van der Waals surface area (Å²) in [5, 5.41) is 0. The summed E-state index contributed by atoms with van der Waals surface area (Å²) < 4.78 is 40.5. The number of hydrogen-bond donors (Lipinski definition) is 0. The van der Waals surface area contributed by atoms with Gasteiger partial charge in [-0.15, -0.1) is 0 Å². The van der Waals surface area contributed by atoms with E-state index in [2.05, 4.69) is 47.7 Å². The Morgan fingerprint density at radius 1 is 0.875 bits per heavy atom. The molecule has 0 N–H and O–H groups in total. The van der Waals surface area contributed by atoms with E-state index in [1.54, 1.807) is 19.8 Å². The van der Waals surface area contributed by atoms with E-state index >= 15 is 0 Å².